The Kier molecular flexibility index (Phi) is 4.00. The van der Waals surface area contributed by atoms with Gasteiger partial charge in [-0.15, -0.1) is 0 Å². The fraction of sp³-hybridized carbons (Fsp3) is 0.562. The largest absolute Gasteiger partial charge is 0.366 e. The second-order valence-electron chi connectivity index (χ2n) is 6.40. The van der Waals surface area contributed by atoms with Gasteiger partial charge in [0.15, 0.2) is 0 Å². The van der Waals surface area contributed by atoms with Gasteiger partial charge in [-0.05, 0) is 43.7 Å². The number of anilines is 1. The van der Waals surface area contributed by atoms with Gasteiger partial charge in [0.25, 0.3) is 11.6 Å². The maximum Gasteiger partial charge on any atom is 0.293 e. The van der Waals surface area contributed by atoms with Crippen LogP contribution >= 0.6 is 0 Å². The third-order valence-electron chi connectivity index (χ3n) is 4.34. The minimum Gasteiger partial charge on any atom is -0.366 e. The summed E-state index contributed by atoms with van der Waals surface area (Å²) in [6.45, 7) is 3.82. The van der Waals surface area contributed by atoms with Gasteiger partial charge in [-0.3, -0.25) is 14.9 Å². The molecule has 1 N–H and O–H groups in total. The summed E-state index contributed by atoms with van der Waals surface area (Å²) in [5.74, 6) is 0.315. The van der Waals surface area contributed by atoms with Gasteiger partial charge in [-0.1, -0.05) is 6.92 Å². The van der Waals surface area contributed by atoms with Crippen molar-refractivity contribution in [2.75, 3.05) is 18.0 Å². The monoisotopic (exact) mass is 303 g/mol. The summed E-state index contributed by atoms with van der Waals surface area (Å²) in [7, 11) is 0. The first-order valence-electron chi connectivity index (χ1n) is 7.89. The van der Waals surface area contributed by atoms with Crippen molar-refractivity contribution in [3.63, 3.8) is 0 Å². The van der Waals surface area contributed by atoms with Crippen LogP contribution in [0.1, 0.15) is 43.0 Å². The Bertz CT molecular complexity index is 598. The predicted molar refractivity (Wildman–Crippen MR) is 84.2 cm³/mol. The third kappa shape index (κ3) is 3.21. The molecule has 0 radical (unpaired) electrons. The summed E-state index contributed by atoms with van der Waals surface area (Å²) < 4.78 is 0. The van der Waals surface area contributed by atoms with Gasteiger partial charge in [0.2, 0.25) is 0 Å². The van der Waals surface area contributed by atoms with Gasteiger partial charge < -0.3 is 10.2 Å². The first kappa shape index (κ1) is 14.8. The van der Waals surface area contributed by atoms with Gasteiger partial charge in [-0.2, -0.15) is 0 Å². The molecule has 2 fully saturated rings. The average Bonchev–Trinajstić information content (AvgIpc) is 3.30. The minimum atomic E-state index is -0.386. The van der Waals surface area contributed by atoms with E-state index >= 15 is 0 Å². The van der Waals surface area contributed by atoms with Gasteiger partial charge in [-0.25, -0.2) is 0 Å². The van der Waals surface area contributed by atoms with Crippen molar-refractivity contribution >= 4 is 17.3 Å². The molecule has 22 heavy (non-hydrogen) atoms. The molecule has 1 aromatic rings. The number of nitrogens with one attached hydrogen (secondary N) is 1. The van der Waals surface area contributed by atoms with Crippen LogP contribution in [0.4, 0.5) is 11.4 Å². The zero-order chi connectivity index (χ0) is 15.7. The summed E-state index contributed by atoms with van der Waals surface area (Å²) in [6.07, 6.45) is 4.20. The number of nitro groups is 1. The summed E-state index contributed by atoms with van der Waals surface area (Å²) in [6, 6.07) is 5.07. The molecule has 3 rings (SSSR count). The van der Waals surface area contributed by atoms with Crippen LogP contribution in [0.3, 0.4) is 0 Å². The quantitative estimate of drug-likeness (QED) is 0.685. The average molecular weight is 303 g/mol. The molecule has 1 aromatic carbocycles. The van der Waals surface area contributed by atoms with Crippen molar-refractivity contribution in [2.24, 2.45) is 5.92 Å². The SMILES string of the molecule is CC1CCCN(c2ccc(C(=O)NC3CC3)cc2[N+](=O)[O-])C1. The molecule has 0 spiro atoms. The number of hydrogen-bond acceptors (Lipinski definition) is 4. The lowest BCUT2D eigenvalue weighted by Gasteiger charge is -2.32. The maximum absolute atomic E-state index is 12.1. The van der Waals surface area contributed by atoms with Crippen LogP contribution in [0, 0.1) is 16.0 Å². The van der Waals surface area contributed by atoms with Gasteiger partial charge in [0.1, 0.15) is 5.69 Å². The highest BCUT2D eigenvalue weighted by atomic mass is 16.6. The third-order valence-corrected chi connectivity index (χ3v) is 4.34. The van der Waals surface area contributed by atoms with Crippen LogP contribution < -0.4 is 10.2 Å². The topological polar surface area (TPSA) is 75.5 Å². The van der Waals surface area contributed by atoms with Crippen LogP contribution in [0.25, 0.3) is 0 Å². The van der Waals surface area contributed by atoms with E-state index in [0.717, 1.165) is 38.8 Å². The number of piperidine rings is 1. The van der Waals surface area contributed by atoms with Crippen LogP contribution in [0.15, 0.2) is 18.2 Å². The zero-order valence-corrected chi connectivity index (χ0v) is 12.7. The number of benzene rings is 1. The van der Waals surface area contributed by atoms with Gasteiger partial charge in [0.05, 0.1) is 4.92 Å². The first-order chi connectivity index (χ1) is 10.5. The summed E-state index contributed by atoms with van der Waals surface area (Å²) >= 11 is 0. The van der Waals surface area contributed by atoms with E-state index in [2.05, 4.69) is 17.1 Å². The summed E-state index contributed by atoms with van der Waals surface area (Å²) in [4.78, 5) is 25.1. The van der Waals surface area contributed by atoms with E-state index in [1.807, 2.05) is 0 Å². The standard InChI is InChI=1S/C16H21N3O3/c1-11-3-2-8-18(10-11)14-7-4-12(9-15(14)19(21)22)16(20)17-13-5-6-13/h4,7,9,11,13H,2-3,5-6,8,10H2,1H3,(H,17,20). The number of carbonyl (C=O) groups excluding carboxylic acids is 1. The highest BCUT2D eigenvalue weighted by molar-refractivity contribution is 5.96. The van der Waals surface area contributed by atoms with E-state index < -0.39 is 0 Å². The summed E-state index contributed by atoms with van der Waals surface area (Å²) in [5, 5.41) is 14.3. The lowest BCUT2D eigenvalue weighted by atomic mass is 9.99. The van der Waals surface area contributed by atoms with Crippen molar-refractivity contribution in [3.8, 4) is 0 Å². The Labute approximate surface area is 129 Å². The summed E-state index contributed by atoms with van der Waals surface area (Å²) in [5.41, 5.74) is 1.02. The Morgan fingerprint density at radius 3 is 2.77 bits per heavy atom. The Hall–Kier alpha value is -2.11. The fourth-order valence-electron chi connectivity index (χ4n) is 2.98. The molecule has 1 atom stereocenters. The Morgan fingerprint density at radius 1 is 1.36 bits per heavy atom. The molecule has 6 nitrogen and oxygen atoms in total. The fourth-order valence-corrected chi connectivity index (χ4v) is 2.98. The van der Waals surface area contributed by atoms with E-state index in [4.69, 9.17) is 0 Å². The minimum absolute atomic E-state index is 0.0255. The van der Waals surface area contributed by atoms with Crippen LogP contribution in [-0.4, -0.2) is 30.0 Å². The van der Waals surface area contributed by atoms with E-state index in [9.17, 15) is 14.9 Å². The van der Waals surface area contributed by atoms with E-state index in [1.54, 1.807) is 12.1 Å². The molecule has 1 heterocycles. The van der Waals surface area contributed by atoms with Gasteiger partial charge in [0, 0.05) is 30.8 Å². The van der Waals surface area contributed by atoms with E-state index in [-0.39, 0.29) is 22.6 Å². The lowest BCUT2D eigenvalue weighted by molar-refractivity contribution is -0.384. The van der Waals surface area contributed by atoms with Crippen molar-refractivity contribution < 1.29 is 9.72 Å². The van der Waals surface area contributed by atoms with Crippen LogP contribution in [0.2, 0.25) is 0 Å². The number of rotatable bonds is 4. The second kappa shape index (κ2) is 5.94. The van der Waals surface area contributed by atoms with E-state index in [1.165, 1.54) is 6.07 Å². The first-order valence-corrected chi connectivity index (χ1v) is 7.89. The molecule has 118 valence electrons. The van der Waals surface area contributed by atoms with Crippen molar-refractivity contribution in [3.05, 3.63) is 33.9 Å². The van der Waals surface area contributed by atoms with Crippen molar-refractivity contribution in [1.29, 1.82) is 0 Å². The molecule has 1 saturated heterocycles. The van der Waals surface area contributed by atoms with Crippen molar-refractivity contribution in [1.82, 2.24) is 5.32 Å². The lowest BCUT2D eigenvalue weighted by Crippen LogP contribution is -2.34. The smallest absolute Gasteiger partial charge is 0.293 e. The number of amides is 1. The molecule has 0 aromatic heterocycles. The molecule has 1 aliphatic heterocycles. The molecule has 1 saturated carbocycles. The molecule has 0 bridgehead atoms. The molecular weight excluding hydrogens is 282 g/mol. The Balaban J connectivity index is 1.86. The highest BCUT2D eigenvalue weighted by Gasteiger charge is 2.27. The normalized spacial score (nSPS) is 21.5. The highest BCUT2D eigenvalue weighted by Crippen LogP contribution is 2.32. The molecule has 1 unspecified atom stereocenters. The maximum atomic E-state index is 12.1. The zero-order valence-electron chi connectivity index (χ0n) is 12.7. The number of nitro benzene ring substituents is 1. The number of hydrogen-bond donors (Lipinski definition) is 1. The predicted octanol–water partition coefficient (Wildman–Crippen LogP) is 2.72. The molecule has 1 amide bonds. The van der Waals surface area contributed by atoms with E-state index in [0.29, 0.717) is 17.2 Å². The van der Waals surface area contributed by atoms with Gasteiger partial charge >= 0.3 is 0 Å². The number of carbonyl (C=O) groups is 1. The van der Waals surface area contributed by atoms with Crippen LogP contribution in [0.5, 0.6) is 0 Å². The molecule has 1 aliphatic carbocycles. The molecule has 6 heteroatoms. The Morgan fingerprint density at radius 2 is 2.14 bits per heavy atom. The molecule has 2 aliphatic rings. The van der Waals surface area contributed by atoms with Crippen molar-refractivity contribution in [2.45, 2.75) is 38.6 Å². The molecular formula is C16H21N3O3. The second-order valence-corrected chi connectivity index (χ2v) is 6.40. The van der Waals surface area contributed by atoms with Crippen LogP contribution in [-0.2, 0) is 0 Å². The number of nitrogens with zero attached hydrogens (tertiary/aromatic N) is 2.